The largest absolute Gasteiger partial charge is 0.393 e. The molecule has 0 amide bonds. The molecule has 1 aliphatic carbocycles. The number of hydrogen-bond acceptors (Lipinski definition) is 1. The Kier molecular flexibility index (Phi) is 1.49. The van der Waals surface area contributed by atoms with Crippen LogP contribution >= 0.6 is 0 Å². The van der Waals surface area contributed by atoms with Crippen molar-refractivity contribution in [1.29, 1.82) is 0 Å². The fraction of sp³-hybridized carbons (Fsp3) is 0.875. The molecule has 2 rings (SSSR count). The topological polar surface area (TPSA) is 34.2 Å². The maximum Gasteiger partial charge on any atom is 0.156 e. The zero-order valence-corrected chi connectivity index (χ0v) is 6.09. The van der Waals surface area contributed by atoms with Crippen LogP contribution in [0.5, 0.6) is 0 Å². The quantitative estimate of drug-likeness (QED) is 0.448. The summed E-state index contributed by atoms with van der Waals surface area (Å²) in [5.41, 5.74) is 0. The number of aliphatic hydroxyl groups excluding tert-OH is 1. The van der Waals surface area contributed by atoms with Gasteiger partial charge in [0, 0.05) is 18.8 Å². The van der Waals surface area contributed by atoms with Crippen molar-refractivity contribution in [3.8, 4) is 0 Å². The molecular weight excluding hydrogens is 126 g/mol. The summed E-state index contributed by atoms with van der Waals surface area (Å²) in [7, 11) is 0. The van der Waals surface area contributed by atoms with E-state index < -0.39 is 0 Å². The maximum atomic E-state index is 9.30. The van der Waals surface area contributed by atoms with Gasteiger partial charge in [-0.05, 0) is 12.8 Å². The molecule has 3 atom stereocenters. The van der Waals surface area contributed by atoms with Gasteiger partial charge in [0.2, 0.25) is 0 Å². The minimum atomic E-state index is -0.0414. The van der Waals surface area contributed by atoms with E-state index in [9.17, 15) is 5.11 Å². The molecule has 0 bridgehead atoms. The minimum Gasteiger partial charge on any atom is -0.393 e. The lowest BCUT2D eigenvalue weighted by molar-refractivity contribution is -0.502. The first-order valence-electron chi connectivity index (χ1n) is 4.12. The summed E-state index contributed by atoms with van der Waals surface area (Å²) < 4.78 is 0. The standard InChI is InChI=1S/C8H13NO/c10-7-2-1-6-3-4-9-8(6)5-7/h4,6-8,10H,1-3,5H2/p+1. The third kappa shape index (κ3) is 0.966. The monoisotopic (exact) mass is 140 g/mol. The predicted octanol–water partition coefficient (Wildman–Crippen LogP) is -0.929. The first-order valence-corrected chi connectivity index (χ1v) is 4.12. The smallest absolute Gasteiger partial charge is 0.156 e. The summed E-state index contributed by atoms with van der Waals surface area (Å²) in [4.78, 5) is 3.30. The zero-order valence-electron chi connectivity index (χ0n) is 6.09. The van der Waals surface area contributed by atoms with E-state index in [0.29, 0.717) is 6.04 Å². The van der Waals surface area contributed by atoms with Crippen LogP contribution in [0.1, 0.15) is 25.7 Å². The fourth-order valence-electron chi connectivity index (χ4n) is 2.07. The van der Waals surface area contributed by atoms with Gasteiger partial charge < -0.3 is 5.11 Å². The van der Waals surface area contributed by atoms with Crippen molar-refractivity contribution in [2.24, 2.45) is 5.92 Å². The van der Waals surface area contributed by atoms with Crippen molar-refractivity contribution in [1.82, 2.24) is 0 Å². The Labute approximate surface area is 61.0 Å². The van der Waals surface area contributed by atoms with Gasteiger partial charge in [-0.15, -0.1) is 0 Å². The van der Waals surface area contributed by atoms with E-state index in [1.807, 2.05) is 0 Å². The Morgan fingerprint density at radius 3 is 3.20 bits per heavy atom. The van der Waals surface area contributed by atoms with Crippen LogP contribution in [0.4, 0.5) is 0 Å². The summed E-state index contributed by atoms with van der Waals surface area (Å²) in [6.45, 7) is 0. The molecule has 1 heterocycles. The zero-order chi connectivity index (χ0) is 6.97. The first kappa shape index (κ1) is 6.35. The van der Waals surface area contributed by atoms with Gasteiger partial charge in [0.1, 0.15) is 6.21 Å². The van der Waals surface area contributed by atoms with Crippen LogP contribution in [0.15, 0.2) is 0 Å². The van der Waals surface area contributed by atoms with Crippen LogP contribution < -0.4 is 4.99 Å². The summed E-state index contributed by atoms with van der Waals surface area (Å²) in [5.74, 6) is 0.823. The lowest BCUT2D eigenvalue weighted by atomic mass is 9.83. The Morgan fingerprint density at radius 1 is 1.40 bits per heavy atom. The molecule has 0 spiro atoms. The molecule has 2 N–H and O–H groups in total. The molecule has 1 aliphatic heterocycles. The molecule has 2 aliphatic rings. The van der Waals surface area contributed by atoms with E-state index >= 15 is 0 Å². The van der Waals surface area contributed by atoms with E-state index in [4.69, 9.17) is 0 Å². The minimum absolute atomic E-state index is 0.0414. The van der Waals surface area contributed by atoms with Crippen molar-refractivity contribution in [2.45, 2.75) is 37.8 Å². The molecule has 10 heavy (non-hydrogen) atoms. The highest BCUT2D eigenvalue weighted by molar-refractivity contribution is 5.52. The Hall–Kier alpha value is -0.370. The number of fused-ring (bicyclic) bond motifs is 1. The van der Waals surface area contributed by atoms with Gasteiger partial charge in [-0.2, -0.15) is 0 Å². The predicted molar refractivity (Wildman–Crippen MR) is 38.8 cm³/mol. The average molecular weight is 140 g/mol. The maximum absolute atomic E-state index is 9.30. The van der Waals surface area contributed by atoms with E-state index in [1.165, 1.54) is 12.8 Å². The van der Waals surface area contributed by atoms with Gasteiger partial charge >= 0.3 is 0 Å². The van der Waals surface area contributed by atoms with Gasteiger partial charge in [-0.1, -0.05) is 0 Å². The van der Waals surface area contributed by atoms with Gasteiger partial charge in [0.05, 0.1) is 6.10 Å². The summed E-state index contributed by atoms with van der Waals surface area (Å²) in [6, 6.07) is 0.587. The van der Waals surface area contributed by atoms with Gasteiger partial charge in [-0.25, -0.2) is 4.99 Å². The molecule has 2 nitrogen and oxygen atoms in total. The first-order chi connectivity index (χ1) is 4.86. The molecule has 0 saturated heterocycles. The lowest BCUT2D eigenvalue weighted by Gasteiger charge is -2.23. The summed E-state index contributed by atoms with van der Waals surface area (Å²) in [5, 5.41) is 9.30. The second kappa shape index (κ2) is 2.35. The van der Waals surface area contributed by atoms with Gasteiger partial charge in [0.15, 0.2) is 6.04 Å². The second-order valence-electron chi connectivity index (χ2n) is 3.44. The Bertz CT molecular complexity index is 155. The van der Waals surface area contributed by atoms with Crippen LogP contribution in [-0.2, 0) is 0 Å². The van der Waals surface area contributed by atoms with E-state index in [2.05, 4.69) is 11.2 Å². The van der Waals surface area contributed by atoms with E-state index in [1.54, 1.807) is 0 Å². The molecule has 1 fully saturated rings. The molecule has 1 saturated carbocycles. The van der Waals surface area contributed by atoms with Crippen LogP contribution in [0.3, 0.4) is 0 Å². The number of nitrogens with one attached hydrogen (secondary N) is 1. The van der Waals surface area contributed by atoms with Gasteiger partial charge in [-0.3, -0.25) is 0 Å². The Balaban J connectivity index is 2.01. The van der Waals surface area contributed by atoms with Crippen LogP contribution in [0, 0.1) is 5.92 Å². The highest BCUT2D eigenvalue weighted by atomic mass is 16.3. The van der Waals surface area contributed by atoms with Crippen molar-refractivity contribution in [2.75, 3.05) is 0 Å². The SMILES string of the molecule is OC1CCC2CC=[NH+]C2C1. The number of rotatable bonds is 0. The number of hydrogen-bond donors (Lipinski definition) is 2. The Morgan fingerprint density at radius 2 is 2.30 bits per heavy atom. The van der Waals surface area contributed by atoms with Crippen molar-refractivity contribution < 1.29 is 10.1 Å². The highest BCUT2D eigenvalue weighted by Gasteiger charge is 2.35. The van der Waals surface area contributed by atoms with Crippen LogP contribution in [0.2, 0.25) is 0 Å². The molecule has 0 aromatic rings. The van der Waals surface area contributed by atoms with E-state index in [0.717, 1.165) is 18.8 Å². The van der Waals surface area contributed by atoms with Crippen molar-refractivity contribution in [3.05, 3.63) is 0 Å². The molecule has 3 unspecified atom stereocenters. The van der Waals surface area contributed by atoms with Crippen LogP contribution in [0.25, 0.3) is 0 Å². The van der Waals surface area contributed by atoms with Crippen molar-refractivity contribution >= 4 is 6.21 Å². The third-order valence-electron chi connectivity index (χ3n) is 2.72. The molecule has 0 radical (unpaired) electrons. The van der Waals surface area contributed by atoms with Crippen LogP contribution in [-0.4, -0.2) is 23.5 Å². The van der Waals surface area contributed by atoms with E-state index in [-0.39, 0.29) is 6.10 Å². The van der Waals surface area contributed by atoms with Gasteiger partial charge in [0.25, 0.3) is 0 Å². The molecule has 0 aromatic carbocycles. The highest BCUT2D eigenvalue weighted by Crippen LogP contribution is 2.25. The third-order valence-corrected chi connectivity index (χ3v) is 2.72. The normalized spacial score (nSPS) is 45.5. The molecule has 0 aromatic heterocycles. The molecule has 2 heteroatoms. The lowest BCUT2D eigenvalue weighted by Crippen LogP contribution is -2.75. The van der Waals surface area contributed by atoms with Crippen molar-refractivity contribution in [3.63, 3.8) is 0 Å². The molecule has 56 valence electrons. The summed E-state index contributed by atoms with van der Waals surface area (Å²) in [6.07, 6.45) is 6.48. The number of aliphatic hydroxyl groups is 1. The fourth-order valence-corrected chi connectivity index (χ4v) is 2.07. The average Bonchev–Trinajstić information content (AvgIpc) is 2.33. The second-order valence-corrected chi connectivity index (χ2v) is 3.44. The summed E-state index contributed by atoms with van der Waals surface area (Å²) >= 11 is 0. The molecular formula is C8H14NO+.